The lowest BCUT2D eigenvalue weighted by Gasteiger charge is -2.18. The maximum Gasteiger partial charge on any atom is 0.248 e. The van der Waals surface area contributed by atoms with Crippen molar-refractivity contribution < 1.29 is 18.0 Å². The Hall–Kier alpha value is -1.93. The van der Waals surface area contributed by atoms with Gasteiger partial charge in [-0.25, -0.2) is 8.42 Å². The molecule has 2 amide bonds. The zero-order valence-corrected chi connectivity index (χ0v) is 11.5. The lowest BCUT2D eigenvalue weighted by Crippen LogP contribution is -2.37. The summed E-state index contributed by atoms with van der Waals surface area (Å²) in [5.74, 6) is -0.942. The fraction of sp³-hybridized carbons (Fsp3) is 0.333. The van der Waals surface area contributed by atoms with Crippen LogP contribution < -0.4 is 11.1 Å². The number of nitrogens with zero attached hydrogens (tertiary/aromatic N) is 1. The molecule has 8 heteroatoms. The molecule has 2 rings (SSSR count). The predicted molar refractivity (Wildman–Crippen MR) is 71.3 cm³/mol. The molecule has 1 saturated heterocycles. The molecular formula is C12H15N3O4S. The fourth-order valence-electron chi connectivity index (χ4n) is 1.92. The number of carbonyl (C=O) groups excluding carboxylic acids is 2. The lowest BCUT2D eigenvalue weighted by molar-refractivity contribution is -0.120. The molecule has 0 atom stereocenters. The first-order chi connectivity index (χ1) is 9.41. The van der Waals surface area contributed by atoms with E-state index in [0.717, 1.165) is 4.31 Å². The summed E-state index contributed by atoms with van der Waals surface area (Å²) in [4.78, 5) is 22.4. The molecule has 0 bridgehead atoms. The molecule has 0 spiro atoms. The van der Waals surface area contributed by atoms with Crippen LogP contribution in [0, 0.1) is 0 Å². The van der Waals surface area contributed by atoms with Crippen molar-refractivity contribution in [3.05, 3.63) is 29.8 Å². The van der Waals surface area contributed by atoms with Crippen molar-refractivity contribution in [1.82, 2.24) is 9.62 Å². The van der Waals surface area contributed by atoms with E-state index in [4.69, 9.17) is 5.73 Å². The maximum atomic E-state index is 12.4. The Balaban J connectivity index is 2.29. The highest BCUT2D eigenvalue weighted by molar-refractivity contribution is 7.89. The average Bonchev–Trinajstić information content (AvgIpc) is 2.64. The van der Waals surface area contributed by atoms with Crippen molar-refractivity contribution in [3.8, 4) is 0 Å². The van der Waals surface area contributed by atoms with Gasteiger partial charge in [-0.3, -0.25) is 9.59 Å². The minimum Gasteiger partial charge on any atom is -0.366 e. The second-order valence-corrected chi connectivity index (χ2v) is 6.37. The van der Waals surface area contributed by atoms with Crippen LogP contribution in [0.3, 0.4) is 0 Å². The maximum absolute atomic E-state index is 12.4. The van der Waals surface area contributed by atoms with Gasteiger partial charge in [0, 0.05) is 18.7 Å². The second-order valence-electron chi connectivity index (χ2n) is 4.43. The Morgan fingerprint density at radius 3 is 2.50 bits per heavy atom. The van der Waals surface area contributed by atoms with Crippen LogP contribution >= 0.6 is 0 Å². The third kappa shape index (κ3) is 2.97. The van der Waals surface area contributed by atoms with Gasteiger partial charge in [0.05, 0.1) is 11.4 Å². The highest BCUT2D eigenvalue weighted by Crippen LogP contribution is 2.17. The quantitative estimate of drug-likeness (QED) is 0.768. The van der Waals surface area contributed by atoms with Gasteiger partial charge in [-0.2, -0.15) is 4.31 Å². The zero-order chi connectivity index (χ0) is 14.8. The summed E-state index contributed by atoms with van der Waals surface area (Å²) in [6.45, 7) is 0.546. The van der Waals surface area contributed by atoms with Crippen molar-refractivity contribution >= 4 is 21.8 Å². The first-order valence-corrected chi connectivity index (χ1v) is 7.52. The van der Waals surface area contributed by atoms with E-state index in [1.165, 1.54) is 24.3 Å². The van der Waals surface area contributed by atoms with E-state index in [1.54, 1.807) is 0 Å². The van der Waals surface area contributed by atoms with Crippen molar-refractivity contribution in [2.45, 2.75) is 11.3 Å². The minimum atomic E-state index is -3.74. The molecule has 0 aliphatic carbocycles. The number of sulfonamides is 1. The number of carbonyl (C=O) groups is 2. The number of hydrogen-bond acceptors (Lipinski definition) is 4. The Morgan fingerprint density at radius 1 is 1.25 bits per heavy atom. The number of primary amides is 1. The molecule has 1 aromatic carbocycles. The van der Waals surface area contributed by atoms with Gasteiger partial charge in [-0.15, -0.1) is 0 Å². The fourth-order valence-corrected chi connectivity index (χ4v) is 3.36. The van der Waals surface area contributed by atoms with E-state index in [2.05, 4.69) is 5.32 Å². The third-order valence-corrected chi connectivity index (χ3v) is 4.86. The van der Waals surface area contributed by atoms with Crippen molar-refractivity contribution in [3.63, 3.8) is 0 Å². The molecule has 108 valence electrons. The molecule has 0 radical (unpaired) electrons. The first kappa shape index (κ1) is 14.5. The summed E-state index contributed by atoms with van der Waals surface area (Å²) in [6, 6.07) is 5.34. The summed E-state index contributed by atoms with van der Waals surface area (Å²) >= 11 is 0. The number of amides is 2. The lowest BCUT2D eigenvalue weighted by atomic mass is 10.2. The molecule has 20 heavy (non-hydrogen) atoms. The molecule has 1 fully saturated rings. The van der Waals surface area contributed by atoms with Gasteiger partial charge in [0.2, 0.25) is 21.8 Å². The van der Waals surface area contributed by atoms with Crippen LogP contribution in [0.4, 0.5) is 0 Å². The molecule has 1 aromatic rings. The van der Waals surface area contributed by atoms with E-state index in [0.29, 0.717) is 13.0 Å². The van der Waals surface area contributed by atoms with Gasteiger partial charge in [0.15, 0.2) is 0 Å². The average molecular weight is 297 g/mol. The normalized spacial score (nSPS) is 17.3. The van der Waals surface area contributed by atoms with Crippen LogP contribution in [-0.4, -0.2) is 44.2 Å². The van der Waals surface area contributed by atoms with E-state index in [-0.39, 0.29) is 29.5 Å². The van der Waals surface area contributed by atoms with Crippen LogP contribution in [0.5, 0.6) is 0 Å². The third-order valence-electron chi connectivity index (χ3n) is 3.00. The molecule has 0 unspecified atom stereocenters. The summed E-state index contributed by atoms with van der Waals surface area (Å²) in [6.07, 6.45) is 0.560. The highest BCUT2D eigenvalue weighted by atomic mass is 32.2. The molecular weight excluding hydrogens is 282 g/mol. The molecule has 0 saturated carbocycles. The van der Waals surface area contributed by atoms with Crippen LogP contribution in [0.25, 0.3) is 0 Å². The van der Waals surface area contributed by atoms with Crippen LogP contribution in [0.1, 0.15) is 16.8 Å². The van der Waals surface area contributed by atoms with Gasteiger partial charge in [0.25, 0.3) is 0 Å². The molecule has 1 aliphatic heterocycles. The smallest absolute Gasteiger partial charge is 0.248 e. The first-order valence-electron chi connectivity index (χ1n) is 6.08. The molecule has 7 nitrogen and oxygen atoms in total. The van der Waals surface area contributed by atoms with Gasteiger partial charge < -0.3 is 11.1 Å². The standard InChI is InChI=1S/C12H15N3O4S/c13-12(17)9-2-4-10(5-3-9)20(18,19)15-7-1-6-14-11(16)8-15/h2-5H,1,6-8H2,(H2,13,17)(H,14,16). The van der Waals surface area contributed by atoms with E-state index < -0.39 is 15.9 Å². The number of benzene rings is 1. The van der Waals surface area contributed by atoms with Gasteiger partial charge in [-0.1, -0.05) is 0 Å². The van der Waals surface area contributed by atoms with Crippen molar-refractivity contribution in [2.24, 2.45) is 5.73 Å². The Morgan fingerprint density at radius 2 is 1.90 bits per heavy atom. The van der Waals surface area contributed by atoms with Gasteiger partial charge in [0.1, 0.15) is 0 Å². The Labute approximate surface area is 116 Å². The predicted octanol–water partition coefficient (Wildman–Crippen LogP) is -0.704. The van der Waals surface area contributed by atoms with Gasteiger partial charge in [-0.05, 0) is 30.7 Å². The van der Waals surface area contributed by atoms with Crippen molar-refractivity contribution in [2.75, 3.05) is 19.6 Å². The SMILES string of the molecule is NC(=O)c1ccc(S(=O)(=O)N2CCCNC(=O)C2)cc1. The molecule has 0 aromatic heterocycles. The Bertz CT molecular complexity index is 625. The van der Waals surface area contributed by atoms with E-state index >= 15 is 0 Å². The van der Waals surface area contributed by atoms with Crippen molar-refractivity contribution in [1.29, 1.82) is 0 Å². The van der Waals surface area contributed by atoms with E-state index in [1.807, 2.05) is 0 Å². The molecule has 1 heterocycles. The van der Waals surface area contributed by atoms with Crippen LogP contribution in [0.15, 0.2) is 29.2 Å². The molecule has 3 N–H and O–H groups in total. The van der Waals surface area contributed by atoms with Crippen LogP contribution in [-0.2, 0) is 14.8 Å². The number of rotatable bonds is 3. The van der Waals surface area contributed by atoms with Gasteiger partial charge >= 0.3 is 0 Å². The largest absolute Gasteiger partial charge is 0.366 e. The second kappa shape index (κ2) is 5.59. The van der Waals surface area contributed by atoms with E-state index in [9.17, 15) is 18.0 Å². The van der Waals surface area contributed by atoms with Crippen LogP contribution in [0.2, 0.25) is 0 Å². The summed E-state index contributed by atoms with van der Waals surface area (Å²) in [5, 5.41) is 2.62. The summed E-state index contributed by atoms with van der Waals surface area (Å²) < 4.78 is 25.9. The number of hydrogen-bond donors (Lipinski definition) is 2. The summed E-state index contributed by atoms with van der Waals surface area (Å²) in [5.41, 5.74) is 5.34. The zero-order valence-electron chi connectivity index (χ0n) is 10.7. The minimum absolute atomic E-state index is 0.0391. The molecule has 1 aliphatic rings. The highest BCUT2D eigenvalue weighted by Gasteiger charge is 2.27. The Kier molecular flexibility index (Phi) is 4.05. The topological polar surface area (TPSA) is 110 Å². The number of nitrogens with two attached hydrogens (primary N) is 1. The summed E-state index contributed by atoms with van der Waals surface area (Å²) in [7, 11) is -3.74. The monoisotopic (exact) mass is 297 g/mol. The number of nitrogens with one attached hydrogen (secondary N) is 1.